The second-order valence-corrected chi connectivity index (χ2v) is 3.09. The first kappa shape index (κ1) is 15.1. The van der Waals surface area contributed by atoms with E-state index < -0.39 is 12.3 Å². The van der Waals surface area contributed by atoms with Gasteiger partial charge in [0, 0.05) is 12.2 Å². The zero-order chi connectivity index (χ0) is 12.4. The summed E-state index contributed by atoms with van der Waals surface area (Å²) in [6.45, 7) is 8.55. The molecule has 0 aromatic rings. The molecule has 0 heterocycles. The SMILES string of the molecule is C=C(CC)C(=O)OC(O)COCCOCC. The van der Waals surface area contributed by atoms with Gasteiger partial charge in [0.1, 0.15) is 6.61 Å². The molecule has 94 valence electrons. The molecule has 1 atom stereocenters. The van der Waals surface area contributed by atoms with Crippen LogP contribution in [-0.4, -0.2) is 43.8 Å². The van der Waals surface area contributed by atoms with Gasteiger partial charge in [-0.15, -0.1) is 0 Å². The lowest BCUT2D eigenvalue weighted by atomic mass is 10.2. The normalized spacial score (nSPS) is 12.2. The van der Waals surface area contributed by atoms with E-state index >= 15 is 0 Å². The first-order valence-corrected chi connectivity index (χ1v) is 5.34. The Bertz CT molecular complexity index is 214. The van der Waals surface area contributed by atoms with Crippen molar-refractivity contribution in [1.82, 2.24) is 0 Å². The minimum Gasteiger partial charge on any atom is -0.430 e. The Hall–Kier alpha value is -0.910. The van der Waals surface area contributed by atoms with Crippen LogP contribution in [0.1, 0.15) is 20.3 Å². The third kappa shape index (κ3) is 7.39. The van der Waals surface area contributed by atoms with Crippen molar-refractivity contribution in [1.29, 1.82) is 0 Å². The summed E-state index contributed by atoms with van der Waals surface area (Å²) in [5.74, 6) is -0.594. The number of aliphatic hydroxyl groups excluding tert-OH is 1. The molecule has 0 fully saturated rings. The molecule has 0 aromatic carbocycles. The molecule has 0 aliphatic heterocycles. The molecule has 0 spiro atoms. The summed E-state index contributed by atoms with van der Waals surface area (Å²) in [4.78, 5) is 11.2. The standard InChI is InChI=1S/C11H20O5/c1-4-9(3)11(13)16-10(12)8-15-7-6-14-5-2/h10,12H,3-8H2,1-2H3. The number of carbonyl (C=O) groups is 1. The van der Waals surface area contributed by atoms with Crippen LogP contribution in [0, 0.1) is 0 Å². The molecule has 1 unspecified atom stereocenters. The molecule has 1 N–H and O–H groups in total. The minimum absolute atomic E-state index is 0.0597. The third-order valence-electron chi connectivity index (χ3n) is 1.80. The molecule has 0 radical (unpaired) electrons. The maximum Gasteiger partial charge on any atom is 0.335 e. The van der Waals surface area contributed by atoms with E-state index in [1.54, 1.807) is 6.92 Å². The average molecular weight is 232 g/mol. The summed E-state index contributed by atoms with van der Waals surface area (Å²) in [5, 5.41) is 9.27. The van der Waals surface area contributed by atoms with Gasteiger partial charge in [-0.1, -0.05) is 13.5 Å². The molecule has 0 aromatic heterocycles. The smallest absolute Gasteiger partial charge is 0.335 e. The second kappa shape index (κ2) is 9.33. The Morgan fingerprint density at radius 1 is 1.31 bits per heavy atom. The van der Waals surface area contributed by atoms with Crippen molar-refractivity contribution in [3.8, 4) is 0 Å². The van der Waals surface area contributed by atoms with E-state index in [2.05, 4.69) is 11.3 Å². The highest BCUT2D eigenvalue weighted by molar-refractivity contribution is 5.87. The highest BCUT2D eigenvalue weighted by Gasteiger charge is 2.12. The second-order valence-electron chi connectivity index (χ2n) is 3.09. The van der Waals surface area contributed by atoms with Gasteiger partial charge in [-0.05, 0) is 13.3 Å². The molecular weight excluding hydrogens is 212 g/mol. The number of aliphatic hydroxyl groups is 1. The Morgan fingerprint density at radius 2 is 1.94 bits per heavy atom. The summed E-state index contributed by atoms with van der Waals surface area (Å²) in [5.41, 5.74) is 0.327. The van der Waals surface area contributed by atoms with E-state index in [0.29, 0.717) is 31.8 Å². The number of ether oxygens (including phenoxy) is 3. The van der Waals surface area contributed by atoms with Gasteiger partial charge in [0.15, 0.2) is 0 Å². The number of hydrogen-bond acceptors (Lipinski definition) is 5. The fourth-order valence-corrected chi connectivity index (χ4v) is 0.832. The maximum absolute atomic E-state index is 11.2. The van der Waals surface area contributed by atoms with Gasteiger partial charge >= 0.3 is 5.97 Å². The van der Waals surface area contributed by atoms with Crippen LogP contribution >= 0.6 is 0 Å². The van der Waals surface area contributed by atoms with Gasteiger partial charge in [0.2, 0.25) is 6.29 Å². The van der Waals surface area contributed by atoms with Crippen molar-refractivity contribution >= 4 is 5.97 Å². The number of rotatable bonds is 9. The largest absolute Gasteiger partial charge is 0.430 e. The monoisotopic (exact) mass is 232 g/mol. The molecule has 0 aliphatic rings. The van der Waals surface area contributed by atoms with Crippen molar-refractivity contribution in [3.63, 3.8) is 0 Å². The van der Waals surface area contributed by atoms with Gasteiger partial charge in [-0.3, -0.25) is 0 Å². The van der Waals surface area contributed by atoms with E-state index in [1.165, 1.54) is 0 Å². The van der Waals surface area contributed by atoms with Crippen LogP contribution in [0.4, 0.5) is 0 Å². The van der Waals surface area contributed by atoms with Crippen LogP contribution in [0.3, 0.4) is 0 Å². The first-order chi connectivity index (χ1) is 7.61. The number of carbonyl (C=O) groups excluding carboxylic acids is 1. The van der Waals surface area contributed by atoms with Crippen molar-refractivity contribution < 1.29 is 24.1 Å². The predicted molar refractivity (Wildman–Crippen MR) is 58.8 cm³/mol. The summed E-state index contributed by atoms with van der Waals surface area (Å²) < 4.78 is 14.7. The zero-order valence-corrected chi connectivity index (χ0v) is 9.90. The number of esters is 1. The van der Waals surface area contributed by atoms with Crippen LogP contribution in [0.15, 0.2) is 12.2 Å². The summed E-state index contributed by atoms with van der Waals surface area (Å²) in [6, 6.07) is 0. The summed E-state index contributed by atoms with van der Waals surface area (Å²) in [7, 11) is 0. The van der Waals surface area contributed by atoms with Gasteiger partial charge in [0.25, 0.3) is 0 Å². The highest BCUT2D eigenvalue weighted by atomic mass is 16.7. The van der Waals surface area contributed by atoms with Crippen LogP contribution in [-0.2, 0) is 19.0 Å². The highest BCUT2D eigenvalue weighted by Crippen LogP contribution is 2.01. The van der Waals surface area contributed by atoms with Crippen molar-refractivity contribution in [3.05, 3.63) is 12.2 Å². The lowest BCUT2D eigenvalue weighted by Crippen LogP contribution is -2.24. The molecule has 16 heavy (non-hydrogen) atoms. The molecule has 0 saturated carbocycles. The Morgan fingerprint density at radius 3 is 2.50 bits per heavy atom. The molecule has 5 heteroatoms. The van der Waals surface area contributed by atoms with E-state index in [4.69, 9.17) is 9.47 Å². The fourth-order valence-electron chi connectivity index (χ4n) is 0.832. The zero-order valence-electron chi connectivity index (χ0n) is 9.90. The predicted octanol–water partition coefficient (Wildman–Crippen LogP) is 0.867. The Kier molecular flexibility index (Phi) is 8.80. The fraction of sp³-hybridized carbons (Fsp3) is 0.727. The van der Waals surface area contributed by atoms with E-state index in [1.807, 2.05) is 6.92 Å². The molecule has 0 rings (SSSR count). The third-order valence-corrected chi connectivity index (χ3v) is 1.80. The molecule has 0 amide bonds. The average Bonchev–Trinajstić information content (AvgIpc) is 2.27. The lowest BCUT2D eigenvalue weighted by molar-refractivity contribution is -0.173. The lowest BCUT2D eigenvalue weighted by Gasteiger charge is -2.12. The van der Waals surface area contributed by atoms with Crippen molar-refractivity contribution in [2.24, 2.45) is 0 Å². The quantitative estimate of drug-likeness (QED) is 0.276. The van der Waals surface area contributed by atoms with E-state index in [9.17, 15) is 9.90 Å². The van der Waals surface area contributed by atoms with Gasteiger partial charge in [0.05, 0.1) is 13.2 Å². The Labute approximate surface area is 96.0 Å². The molecule has 0 saturated heterocycles. The van der Waals surface area contributed by atoms with E-state index in [-0.39, 0.29) is 6.61 Å². The van der Waals surface area contributed by atoms with Crippen LogP contribution < -0.4 is 0 Å². The molecular formula is C11H20O5. The topological polar surface area (TPSA) is 65.0 Å². The van der Waals surface area contributed by atoms with Gasteiger partial charge in [-0.25, -0.2) is 4.79 Å². The number of hydrogen-bond donors (Lipinski definition) is 1. The summed E-state index contributed by atoms with van der Waals surface area (Å²) in [6.07, 6.45) is -0.756. The van der Waals surface area contributed by atoms with Crippen LogP contribution in [0.5, 0.6) is 0 Å². The van der Waals surface area contributed by atoms with Gasteiger partial charge < -0.3 is 19.3 Å². The minimum atomic E-state index is -1.25. The summed E-state index contributed by atoms with van der Waals surface area (Å²) >= 11 is 0. The van der Waals surface area contributed by atoms with Gasteiger partial charge in [-0.2, -0.15) is 0 Å². The van der Waals surface area contributed by atoms with Crippen LogP contribution in [0.2, 0.25) is 0 Å². The maximum atomic E-state index is 11.2. The van der Waals surface area contributed by atoms with Crippen LogP contribution in [0.25, 0.3) is 0 Å². The molecule has 5 nitrogen and oxygen atoms in total. The van der Waals surface area contributed by atoms with E-state index in [0.717, 1.165) is 0 Å². The molecule has 0 aliphatic carbocycles. The Balaban J connectivity index is 3.54. The molecule has 0 bridgehead atoms. The van der Waals surface area contributed by atoms with Crippen molar-refractivity contribution in [2.75, 3.05) is 26.4 Å². The van der Waals surface area contributed by atoms with Crippen molar-refractivity contribution in [2.45, 2.75) is 26.6 Å². The first-order valence-electron chi connectivity index (χ1n) is 5.34.